The molecule has 0 aliphatic carbocycles. The molecule has 0 spiro atoms. The average molecular weight is 260 g/mol. The van der Waals surface area contributed by atoms with Crippen molar-refractivity contribution in [3.63, 3.8) is 0 Å². The van der Waals surface area contributed by atoms with Crippen molar-refractivity contribution in [1.29, 1.82) is 0 Å². The van der Waals surface area contributed by atoms with Gasteiger partial charge in [0.25, 0.3) is 9.05 Å². The van der Waals surface area contributed by atoms with E-state index in [-0.39, 0.29) is 62.0 Å². The second kappa shape index (κ2) is 9.71. The molecule has 0 heterocycles. The maximum absolute atomic E-state index is 9.11. The fourth-order valence-corrected chi connectivity index (χ4v) is 0. The zero-order chi connectivity index (χ0) is 9.00. The van der Waals surface area contributed by atoms with Gasteiger partial charge in [-0.3, -0.25) is 18.2 Å². The summed E-state index contributed by atoms with van der Waals surface area (Å²) in [6.07, 6.45) is 0. The molecule has 0 unspecified atom stereocenters. The molecule has 4 N–H and O–H groups in total. The predicted molar refractivity (Wildman–Crippen MR) is 37.2 cm³/mol. The molecule has 0 aromatic carbocycles. The van der Waals surface area contributed by atoms with Crippen molar-refractivity contribution >= 4 is 30.6 Å². The second-order valence-electron chi connectivity index (χ2n) is 0.896. The minimum Gasteiger partial charge on any atom is -1.00 e. The molecule has 0 saturated carbocycles. The topological polar surface area (TPSA) is 132 Å². The van der Waals surface area contributed by atoms with Crippen molar-refractivity contribution in [2.24, 2.45) is 0 Å². The molecule has 0 saturated heterocycles. The van der Waals surface area contributed by atoms with E-state index in [0.29, 0.717) is 0 Å². The van der Waals surface area contributed by atoms with Crippen LogP contribution in [0.1, 0.15) is 2.85 Å². The summed E-state index contributed by atoms with van der Waals surface area (Å²) >= 11 is 3.47. The van der Waals surface area contributed by atoms with E-state index < -0.39 is 19.5 Å². The van der Waals surface area contributed by atoms with Crippen LogP contribution in [0.3, 0.4) is 0 Å². The van der Waals surface area contributed by atoms with Crippen LogP contribution in [0, 0.1) is 0 Å². The van der Waals surface area contributed by atoms with Gasteiger partial charge in [-0.2, -0.15) is 12.6 Å². The molecule has 12 heavy (non-hydrogen) atoms. The Morgan fingerprint density at radius 2 is 0.917 bits per heavy atom. The molecule has 0 aromatic heterocycles. The van der Waals surface area contributed by atoms with Crippen LogP contribution in [0.2, 0.25) is 0 Å². The third-order valence-electron chi connectivity index (χ3n) is 0. The third kappa shape index (κ3) is 325. The van der Waals surface area contributed by atoms with Gasteiger partial charge in [0.1, 0.15) is 0 Å². The first-order valence-corrected chi connectivity index (χ1v) is 5.19. The minimum absolute atomic E-state index is 0. The number of rotatable bonds is 0. The van der Waals surface area contributed by atoms with Crippen LogP contribution in [0.4, 0.5) is 0 Å². The van der Waals surface area contributed by atoms with Crippen LogP contribution in [0.5, 0.6) is 0 Å². The van der Waals surface area contributed by atoms with Crippen molar-refractivity contribution in [2.75, 3.05) is 0 Å². The Hall–Kier alpha value is 2.16. The van der Waals surface area contributed by atoms with Crippen LogP contribution in [0.15, 0.2) is 0 Å². The van der Waals surface area contributed by atoms with Gasteiger partial charge in [-0.25, -0.2) is 0 Å². The molecule has 7 nitrogen and oxygen atoms in total. The summed E-state index contributed by atoms with van der Waals surface area (Å²) in [5.41, 5.74) is 0. The van der Waals surface area contributed by atoms with Crippen molar-refractivity contribution < 1.29 is 92.8 Å². The van der Waals surface area contributed by atoms with E-state index in [9.17, 15) is 0 Å². The smallest absolute Gasteiger partial charge is 1.00 e. The van der Waals surface area contributed by atoms with Crippen LogP contribution < -0.4 is 59.1 Å². The van der Waals surface area contributed by atoms with Gasteiger partial charge in [-0.1, -0.05) is 0 Å². The second-order valence-corrected chi connectivity index (χ2v) is 3.99. The molecule has 0 aliphatic rings. The van der Waals surface area contributed by atoms with Gasteiger partial charge in [0.15, 0.2) is 0 Å². The Morgan fingerprint density at radius 1 is 0.917 bits per heavy atom. The minimum atomic E-state index is -4.67. The molecular weight excluding hydrogens is 254 g/mol. The monoisotopic (exact) mass is 260 g/mol. The van der Waals surface area contributed by atoms with E-state index in [0.717, 1.165) is 0 Å². The first-order valence-electron chi connectivity index (χ1n) is 1.40. The molecule has 0 rings (SSSR count). The normalized spacial score (nSPS) is 9.67. The summed E-state index contributed by atoms with van der Waals surface area (Å²) in [6, 6.07) is 0. The van der Waals surface area contributed by atoms with Crippen molar-refractivity contribution in [1.82, 2.24) is 0 Å². The first-order chi connectivity index (χ1) is 4.00. The standard InChI is InChI=1S/2Na.H2O4S.H2O3S2.2H/c;;2*1-5(2,3)4;;/h;;2*(H2,1,2,3,4);;/q2*+1;;;2*-1. The summed E-state index contributed by atoms with van der Waals surface area (Å²) in [5.74, 6) is 0. The van der Waals surface area contributed by atoms with Crippen molar-refractivity contribution in [2.45, 2.75) is 0 Å². The number of hydrogen-bond donors (Lipinski definition) is 4. The third-order valence-corrected chi connectivity index (χ3v) is 0. The summed E-state index contributed by atoms with van der Waals surface area (Å²) in [4.78, 5) is 0. The van der Waals surface area contributed by atoms with E-state index in [1.165, 1.54) is 0 Å². The van der Waals surface area contributed by atoms with E-state index in [2.05, 4.69) is 11.2 Å². The van der Waals surface area contributed by atoms with Crippen molar-refractivity contribution in [3.8, 4) is 0 Å². The molecule has 0 atom stereocenters. The van der Waals surface area contributed by atoms with Gasteiger partial charge in [-0.05, 0) is 0 Å². The van der Waals surface area contributed by atoms with Crippen LogP contribution in [0.25, 0.3) is 0 Å². The Morgan fingerprint density at radius 3 is 0.917 bits per heavy atom. The van der Waals surface area contributed by atoms with E-state index in [1.54, 1.807) is 0 Å². The van der Waals surface area contributed by atoms with Crippen LogP contribution >= 0.6 is 0 Å². The van der Waals surface area contributed by atoms with Gasteiger partial charge in [0.05, 0.1) is 0 Å². The summed E-state index contributed by atoms with van der Waals surface area (Å²) < 4.78 is 55.5. The molecular formula is H6Na2O7S3. The van der Waals surface area contributed by atoms with Gasteiger partial charge in [0, 0.05) is 11.2 Å². The van der Waals surface area contributed by atoms with Gasteiger partial charge in [-0.15, -0.1) is 0 Å². The summed E-state index contributed by atoms with van der Waals surface area (Å²) in [7, 11) is -8.50. The van der Waals surface area contributed by atoms with Gasteiger partial charge >= 0.3 is 69.5 Å². The molecule has 0 aliphatic heterocycles. The molecule has 0 radical (unpaired) electrons. The van der Waals surface area contributed by atoms with Crippen LogP contribution in [-0.2, 0) is 30.6 Å². The largest absolute Gasteiger partial charge is 1.00 e. The summed E-state index contributed by atoms with van der Waals surface area (Å²) in [6.45, 7) is 0. The van der Waals surface area contributed by atoms with E-state index in [1.807, 2.05) is 0 Å². The molecule has 0 bridgehead atoms. The maximum atomic E-state index is 9.11. The van der Waals surface area contributed by atoms with Gasteiger partial charge in [0.2, 0.25) is 0 Å². The quantitative estimate of drug-likeness (QED) is 0.249. The number of hydrogen-bond acceptors (Lipinski definition) is 4. The maximum Gasteiger partial charge on any atom is 1.00 e. The zero-order valence-corrected chi connectivity index (χ0v) is 12.7. The Bertz CT molecular complexity index is 221. The Balaban J connectivity index is -0.0000000178. The fourth-order valence-electron chi connectivity index (χ4n) is 0. The molecule has 68 valence electrons. The predicted octanol–water partition coefficient (Wildman–Crippen LogP) is -6.74. The van der Waals surface area contributed by atoms with Crippen LogP contribution in [-0.4, -0.2) is 30.8 Å². The van der Waals surface area contributed by atoms with Crippen molar-refractivity contribution in [3.05, 3.63) is 0 Å². The molecule has 0 aromatic rings. The zero-order valence-electron chi connectivity index (χ0n) is 8.24. The first kappa shape index (κ1) is 23.8. The average Bonchev–Trinajstić information content (AvgIpc) is 1.12. The van der Waals surface area contributed by atoms with E-state index in [4.69, 9.17) is 30.8 Å². The van der Waals surface area contributed by atoms with Gasteiger partial charge < -0.3 is 2.85 Å². The molecule has 0 fully saturated rings. The molecule has 12 heteroatoms. The fraction of sp³-hybridized carbons (Fsp3) is 0. The summed E-state index contributed by atoms with van der Waals surface area (Å²) in [5, 5.41) is 0. The Kier molecular flexibility index (Phi) is 19.2. The van der Waals surface area contributed by atoms with E-state index >= 15 is 0 Å². The Labute approximate surface area is 122 Å². The SMILES string of the molecule is O=S(=O)(O)O.O=S(O)(O)=S.[H-].[H-].[Na+].[Na+]. The molecule has 0 amide bonds.